The number of nitrogens with one attached hydrogen (secondary N) is 1. The molecule has 24 heavy (non-hydrogen) atoms. The maximum Gasteiger partial charge on any atom is 0.225 e. The monoisotopic (exact) mass is 324 g/mol. The van der Waals surface area contributed by atoms with Crippen LogP contribution < -0.4 is 5.32 Å². The van der Waals surface area contributed by atoms with Crippen LogP contribution in [0.5, 0.6) is 0 Å². The Hall–Kier alpha value is -2.20. The zero-order chi connectivity index (χ0) is 16.8. The summed E-state index contributed by atoms with van der Waals surface area (Å²) in [6.45, 7) is 3.35. The van der Waals surface area contributed by atoms with Gasteiger partial charge in [-0.2, -0.15) is 0 Å². The van der Waals surface area contributed by atoms with Crippen molar-refractivity contribution in [2.24, 2.45) is 5.92 Å². The predicted octanol–water partition coefficient (Wildman–Crippen LogP) is 3.22. The molecule has 0 unspecified atom stereocenters. The second kappa shape index (κ2) is 8.06. The molecule has 1 saturated heterocycles. The minimum atomic E-state index is -0.122. The van der Waals surface area contributed by atoms with Crippen LogP contribution in [0.1, 0.15) is 35.7 Å². The lowest BCUT2D eigenvalue weighted by Gasteiger charge is -2.25. The molecule has 0 bridgehead atoms. The van der Waals surface area contributed by atoms with Gasteiger partial charge in [-0.05, 0) is 43.9 Å². The highest BCUT2D eigenvalue weighted by Crippen LogP contribution is 2.20. The van der Waals surface area contributed by atoms with Crippen molar-refractivity contribution in [2.75, 3.05) is 13.2 Å². The zero-order valence-corrected chi connectivity index (χ0v) is 14.1. The van der Waals surface area contributed by atoms with E-state index < -0.39 is 0 Å². The van der Waals surface area contributed by atoms with Crippen molar-refractivity contribution in [1.29, 1.82) is 0 Å². The van der Waals surface area contributed by atoms with Gasteiger partial charge in [0.05, 0.1) is 24.3 Å². The average molecular weight is 324 g/mol. The van der Waals surface area contributed by atoms with Crippen LogP contribution in [0.3, 0.4) is 0 Å². The molecule has 126 valence electrons. The van der Waals surface area contributed by atoms with Crippen molar-refractivity contribution in [3.05, 3.63) is 65.5 Å². The molecule has 1 aliphatic heterocycles. The van der Waals surface area contributed by atoms with Crippen LogP contribution >= 0.6 is 0 Å². The smallest absolute Gasteiger partial charge is 0.225 e. The van der Waals surface area contributed by atoms with E-state index in [9.17, 15) is 4.79 Å². The molecule has 4 heteroatoms. The molecule has 0 aliphatic carbocycles. The fourth-order valence-electron chi connectivity index (χ4n) is 3.01. The van der Waals surface area contributed by atoms with Gasteiger partial charge in [-0.25, -0.2) is 0 Å². The minimum Gasteiger partial charge on any atom is -0.381 e. The summed E-state index contributed by atoms with van der Waals surface area (Å²) < 4.78 is 5.45. The van der Waals surface area contributed by atoms with E-state index in [0.29, 0.717) is 6.61 Å². The standard InChI is InChI=1S/C20H24N2O2/c1-15-7-9-16(10-8-15)13-19(18-6-2-3-11-21-18)22-20(23)17-5-4-12-24-14-17/h2-3,6-11,17,19H,4-5,12-14H2,1H3,(H,22,23)/t17-,19-/m0/s1. The largest absolute Gasteiger partial charge is 0.381 e. The Morgan fingerprint density at radius 2 is 2.12 bits per heavy atom. The summed E-state index contributed by atoms with van der Waals surface area (Å²) in [5.74, 6) is 0.0143. The molecule has 2 aromatic rings. The van der Waals surface area contributed by atoms with E-state index in [1.807, 2.05) is 18.2 Å². The van der Waals surface area contributed by atoms with Crippen molar-refractivity contribution in [3.8, 4) is 0 Å². The number of hydrogen-bond donors (Lipinski definition) is 1. The first-order chi connectivity index (χ1) is 11.7. The Morgan fingerprint density at radius 3 is 2.79 bits per heavy atom. The third-order valence-electron chi connectivity index (χ3n) is 4.45. The number of carbonyl (C=O) groups excluding carboxylic acids is 1. The first-order valence-electron chi connectivity index (χ1n) is 8.57. The maximum atomic E-state index is 12.6. The summed E-state index contributed by atoms with van der Waals surface area (Å²) in [7, 11) is 0. The van der Waals surface area contributed by atoms with Gasteiger partial charge in [0.1, 0.15) is 0 Å². The van der Waals surface area contributed by atoms with E-state index >= 15 is 0 Å². The van der Waals surface area contributed by atoms with Crippen LogP contribution in [0.25, 0.3) is 0 Å². The van der Waals surface area contributed by atoms with Gasteiger partial charge in [0, 0.05) is 12.8 Å². The third-order valence-corrected chi connectivity index (χ3v) is 4.45. The summed E-state index contributed by atoms with van der Waals surface area (Å²) in [5, 5.41) is 3.18. The van der Waals surface area contributed by atoms with E-state index in [0.717, 1.165) is 31.6 Å². The van der Waals surface area contributed by atoms with Crippen LogP contribution in [0.2, 0.25) is 0 Å². The zero-order valence-electron chi connectivity index (χ0n) is 14.1. The lowest BCUT2D eigenvalue weighted by molar-refractivity contribution is -0.129. The molecule has 1 N–H and O–H groups in total. The number of rotatable bonds is 5. The van der Waals surface area contributed by atoms with Crippen molar-refractivity contribution >= 4 is 5.91 Å². The molecule has 1 fully saturated rings. The van der Waals surface area contributed by atoms with Crippen molar-refractivity contribution in [3.63, 3.8) is 0 Å². The fourth-order valence-corrected chi connectivity index (χ4v) is 3.01. The number of nitrogens with zero attached hydrogens (tertiary/aromatic N) is 1. The van der Waals surface area contributed by atoms with E-state index in [-0.39, 0.29) is 17.9 Å². The highest BCUT2D eigenvalue weighted by molar-refractivity contribution is 5.79. The van der Waals surface area contributed by atoms with Gasteiger partial charge in [0.15, 0.2) is 0 Å². The van der Waals surface area contributed by atoms with Crippen molar-refractivity contribution in [2.45, 2.75) is 32.2 Å². The van der Waals surface area contributed by atoms with Gasteiger partial charge in [-0.1, -0.05) is 35.9 Å². The third kappa shape index (κ3) is 4.42. The van der Waals surface area contributed by atoms with Gasteiger partial charge < -0.3 is 10.1 Å². The highest BCUT2D eigenvalue weighted by atomic mass is 16.5. The molecule has 1 aliphatic rings. The topological polar surface area (TPSA) is 51.2 Å². The van der Waals surface area contributed by atoms with Crippen LogP contribution in [-0.4, -0.2) is 24.1 Å². The normalized spacial score (nSPS) is 18.8. The molecule has 0 spiro atoms. The number of pyridine rings is 1. The highest BCUT2D eigenvalue weighted by Gasteiger charge is 2.25. The van der Waals surface area contributed by atoms with Crippen LogP contribution in [0, 0.1) is 12.8 Å². The van der Waals surface area contributed by atoms with Crippen molar-refractivity contribution in [1.82, 2.24) is 10.3 Å². The molecule has 2 atom stereocenters. The minimum absolute atomic E-state index is 0.0528. The molecular weight excluding hydrogens is 300 g/mol. The molecule has 0 radical (unpaired) electrons. The van der Waals surface area contributed by atoms with Gasteiger partial charge in [0.2, 0.25) is 5.91 Å². The number of carbonyl (C=O) groups is 1. The van der Waals surface area contributed by atoms with E-state index in [2.05, 4.69) is 41.5 Å². The molecule has 3 rings (SSSR count). The average Bonchev–Trinajstić information content (AvgIpc) is 2.64. The number of benzene rings is 1. The summed E-state index contributed by atoms with van der Waals surface area (Å²) in [5.41, 5.74) is 3.32. The van der Waals surface area contributed by atoms with Gasteiger partial charge >= 0.3 is 0 Å². The van der Waals surface area contributed by atoms with E-state index in [1.54, 1.807) is 6.20 Å². The number of amides is 1. The predicted molar refractivity (Wildman–Crippen MR) is 93.5 cm³/mol. The Labute approximate surface area is 143 Å². The SMILES string of the molecule is Cc1ccc(C[C@H](NC(=O)[C@H]2CCCOC2)c2ccccn2)cc1. The van der Waals surface area contributed by atoms with Gasteiger partial charge in [0.25, 0.3) is 0 Å². The molecule has 2 heterocycles. The maximum absolute atomic E-state index is 12.6. The Kier molecular flexibility index (Phi) is 5.59. The molecular formula is C20H24N2O2. The fraction of sp³-hybridized carbons (Fsp3) is 0.400. The molecule has 1 aromatic heterocycles. The Balaban J connectivity index is 1.74. The van der Waals surface area contributed by atoms with Crippen molar-refractivity contribution < 1.29 is 9.53 Å². The van der Waals surface area contributed by atoms with Gasteiger partial charge in [-0.3, -0.25) is 9.78 Å². The lowest BCUT2D eigenvalue weighted by Crippen LogP contribution is -2.38. The summed E-state index contributed by atoms with van der Waals surface area (Å²) in [6, 6.07) is 14.1. The summed E-state index contributed by atoms with van der Waals surface area (Å²) in [6.07, 6.45) is 4.35. The Morgan fingerprint density at radius 1 is 1.29 bits per heavy atom. The number of ether oxygens (including phenoxy) is 1. The molecule has 1 aromatic carbocycles. The summed E-state index contributed by atoms with van der Waals surface area (Å²) >= 11 is 0. The van der Waals surface area contributed by atoms with Crippen LogP contribution in [0.15, 0.2) is 48.7 Å². The Bertz CT molecular complexity index is 649. The quantitative estimate of drug-likeness (QED) is 0.919. The second-order valence-corrected chi connectivity index (χ2v) is 6.42. The van der Waals surface area contributed by atoms with Gasteiger partial charge in [-0.15, -0.1) is 0 Å². The first-order valence-corrected chi connectivity index (χ1v) is 8.57. The van der Waals surface area contributed by atoms with E-state index in [4.69, 9.17) is 4.74 Å². The summed E-state index contributed by atoms with van der Waals surface area (Å²) in [4.78, 5) is 17.1. The number of aryl methyl sites for hydroxylation is 1. The van der Waals surface area contributed by atoms with Crippen LogP contribution in [0.4, 0.5) is 0 Å². The second-order valence-electron chi connectivity index (χ2n) is 6.42. The molecule has 0 saturated carbocycles. The first kappa shape index (κ1) is 16.7. The van der Waals surface area contributed by atoms with E-state index in [1.165, 1.54) is 11.1 Å². The van der Waals surface area contributed by atoms with Crippen LogP contribution in [-0.2, 0) is 16.0 Å². The molecule has 1 amide bonds. The number of hydrogen-bond acceptors (Lipinski definition) is 3. The lowest BCUT2D eigenvalue weighted by atomic mass is 9.98. The molecule has 4 nitrogen and oxygen atoms in total. The number of aromatic nitrogens is 1.